The quantitative estimate of drug-likeness (QED) is 0.729. The number of aromatic nitrogens is 2. The minimum Gasteiger partial charge on any atom is -0.458 e. The van der Waals surface area contributed by atoms with Crippen LogP contribution in [0.1, 0.15) is 22.4 Å². The third kappa shape index (κ3) is 3.95. The van der Waals surface area contributed by atoms with Crippen LogP contribution in [0.4, 0.5) is 5.69 Å². The van der Waals surface area contributed by atoms with Crippen LogP contribution in [0.15, 0.2) is 53.3 Å². The van der Waals surface area contributed by atoms with Gasteiger partial charge < -0.3 is 4.74 Å². The molecule has 1 heterocycles. The molecule has 126 valence electrons. The van der Waals surface area contributed by atoms with Crippen LogP contribution >= 0.6 is 0 Å². The van der Waals surface area contributed by atoms with Gasteiger partial charge in [0.25, 0.3) is 5.56 Å². The van der Waals surface area contributed by atoms with E-state index >= 15 is 0 Å². The van der Waals surface area contributed by atoms with E-state index in [0.29, 0.717) is 29.2 Å². The second-order valence-electron chi connectivity index (χ2n) is 5.73. The monoisotopic (exact) mass is 342 g/mol. The molecule has 0 aliphatic heterocycles. The average molecular weight is 342 g/mol. The fourth-order valence-electron chi connectivity index (χ4n) is 2.44. The lowest BCUT2D eigenvalue weighted by atomic mass is 10.1. The van der Waals surface area contributed by atoms with Crippen LogP contribution in [0.25, 0.3) is 4.85 Å². The maximum absolute atomic E-state index is 11.1. The number of nitriles is 1. The zero-order chi connectivity index (χ0) is 18.5. The summed E-state index contributed by atoms with van der Waals surface area (Å²) in [7, 11) is 0. The first-order valence-electron chi connectivity index (χ1n) is 7.82. The summed E-state index contributed by atoms with van der Waals surface area (Å²) in [6.07, 6.45) is 0.541. The molecule has 6 nitrogen and oxygen atoms in total. The summed E-state index contributed by atoms with van der Waals surface area (Å²) in [4.78, 5) is 14.5. The van der Waals surface area contributed by atoms with Crippen molar-refractivity contribution in [1.29, 1.82) is 5.26 Å². The Morgan fingerprint density at radius 2 is 2.08 bits per heavy atom. The molecule has 0 bridgehead atoms. The van der Waals surface area contributed by atoms with Crippen LogP contribution in [-0.2, 0) is 6.42 Å². The van der Waals surface area contributed by atoms with Crippen molar-refractivity contribution < 1.29 is 4.74 Å². The zero-order valence-corrected chi connectivity index (χ0v) is 14.0. The van der Waals surface area contributed by atoms with Gasteiger partial charge in [0, 0.05) is 18.1 Å². The van der Waals surface area contributed by atoms with Gasteiger partial charge in [-0.25, -0.2) is 9.94 Å². The minimum atomic E-state index is -0.241. The van der Waals surface area contributed by atoms with Crippen LogP contribution in [0, 0.1) is 24.8 Å². The molecule has 0 aliphatic carbocycles. The van der Waals surface area contributed by atoms with Crippen molar-refractivity contribution in [3.8, 4) is 17.6 Å². The molecule has 0 saturated carbocycles. The number of H-pyrrole nitrogens is 1. The highest BCUT2D eigenvalue weighted by atomic mass is 16.5. The molecule has 6 heteroatoms. The van der Waals surface area contributed by atoms with E-state index in [9.17, 15) is 4.79 Å². The smallest absolute Gasteiger partial charge is 0.264 e. The van der Waals surface area contributed by atoms with Gasteiger partial charge in [0.2, 0.25) is 0 Å². The van der Waals surface area contributed by atoms with E-state index in [-0.39, 0.29) is 5.56 Å². The summed E-state index contributed by atoms with van der Waals surface area (Å²) in [6, 6.07) is 15.6. The van der Waals surface area contributed by atoms with Crippen LogP contribution < -0.4 is 10.3 Å². The lowest BCUT2D eigenvalue weighted by Gasteiger charge is -2.11. The molecule has 3 aromatic rings. The average Bonchev–Trinajstić information content (AvgIpc) is 2.66. The van der Waals surface area contributed by atoms with Crippen molar-refractivity contribution in [1.82, 2.24) is 10.2 Å². The van der Waals surface area contributed by atoms with Gasteiger partial charge in [-0.05, 0) is 48.4 Å². The number of aromatic amines is 1. The number of hydrogen-bond acceptors (Lipinski definition) is 4. The van der Waals surface area contributed by atoms with Gasteiger partial charge >= 0.3 is 0 Å². The Bertz CT molecular complexity index is 1050. The van der Waals surface area contributed by atoms with Crippen molar-refractivity contribution >= 4 is 5.69 Å². The lowest BCUT2D eigenvalue weighted by Crippen LogP contribution is -2.07. The lowest BCUT2D eigenvalue weighted by molar-refractivity contribution is 0.478. The summed E-state index contributed by atoms with van der Waals surface area (Å²) in [5.41, 5.74) is 3.11. The SMILES string of the molecule is [C-]#[N+]c1cc(C#N)cc(Oc2cc(Cc3ccc(=O)[nH]n3)ccc2C)c1. The molecule has 0 atom stereocenters. The maximum atomic E-state index is 11.1. The van der Waals surface area contributed by atoms with Crippen LogP contribution in [0.5, 0.6) is 11.5 Å². The standard InChI is InChI=1S/C20H14N4O2/c1-13-3-4-14(7-16-5-6-20(25)24-23-16)10-19(13)26-18-9-15(12-21)8-17(11-18)22-2/h3-6,8-11H,7H2,1H3,(H,24,25). The fraction of sp³-hybridized carbons (Fsp3) is 0.100. The molecule has 3 rings (SSSR count). The van der Waals surface area contributed by atoms with E-state index in [1.165, 1.54) is 12.1 Å². The number of ether oxygens (including phenoxy) is 1. The Morgan fingerprint density at radius 3 is 2.77 bits per heavy atom. The van der Waals surface area contributed by atoms with E-state index in [4.69, 9.17) is 16.6 Å². The Balaban J connectivity index is 1.89. The van der Waals surface area contributed by atoms with E-state index in [1.54, 1.807) is 18.2 Å². The second kappa shape index (κ2) is 7.33. The Hall–Kier alpha value is -3.90. The summed E-state index contributed by atoms with van der Waals surface area (Å²) in [5, 5.41) is 15.5. The second-order valence-corrected chi connectivity index (χ2v) is 5.73. The number of nitrogens with zero attached hydrogens (tertiary/aromatic N) is 3. The molecule has 0 saturated heterocycles. The van der Waals surface area contributed by atoms with E-state index in [0.717, 1.165) is 16.8 Å². The molecule has 0 amide bonds. The van der Waals surface area contributed by atoms with Crippen LogP contribution in [0.2, 0.25) is 0 Å². The molecule has 0 unspecified atom stereocenters. The predicted octanol–water partition coefficient (Wildman–Crippen LogP) is 3.88. The minimum absolute atomic E-state index is 0.241. The Kier molecular flexibility index (Phi) is 4.78. The van der Waals surface area contributed by atoms with Crippen molar-refractivity contribution in [3.05, 3.63) is 92.7 Å². The number of rotatable bonds is 4. The number of aryl methyl sites for hydroxylation is 1. The van der Waals surface area contributed by atoms with Gasteiger partial charge in [-0.1, -0.05) is 12.1 Å². The fourth-order valence-corrected chi connectivity index (χ4v) is 2.44. The zero-order valence-electron chi connectivity index (χ0n) is 14.0. The highest BCUT2D eigenvalue weighted by Crippen LogP contribution is 2.30. The van der Waals surface area contributed by atoms with Gasteiger partial charge in [-0.3, -0.25) is 4.79 Å². The normalized spacial score (nSPS) is 9.96. The first kappa shape index (κ1) is 16.9. The Labute approximate surface area is 150 Å². The molecular weight excluding hydrogens is 328 g/mol. The largest absolute Gasteiger partial charge is 0.458 e. The van der Waals surface area contributed by atoms with Gasteiger partial charge in [0.05, 0.1) is 18.3 Å². The molecule has 0 fully saturated rings. The first-order valence-corrected chi connectivity index (χ1v) is 7.82. The highest BCUT2D eigenvalue weighted by Gasteiger charge is 2.07. The van der Waals surface area contributed by atoms with Crippen LogP contribution in [-0.4, -0.2) is 10.2 Å². The topological polar surface area (TPSA) is 83.1 Å². The van der Waals surface area contributed by atoms with Gasteiger partial charge in [-0.15, -0.1) is 0 Å². The van der Waals surface area contributed by atoms with Gasteiger partial charge in [0.15, 0.2) is 5.69 Å². The molecule has 1 N–H and O–H groups in total. The van der Waals surface area contributed by atoms with Crippen molar-refractivity contribution in [2.45, 2.75) is 13.3 Å². The summed E-state index contributed by atoms with van der Waals surface area (Å²) >= 11 is 0. The van der Waals surface area contributed by atoms with Crippen molar-refractivity contribution in [2.75, 3.05) is 0 Å². The molecule has 1 aromatic heterocycles. The van der Waals surface area contributed by atoms with Crippen LogP contribution in [0.3, 0.4) is 0 Å². The molecule has 26 heavy (non-hydrogen) atoms. The highest BCUT2D eigenvalue weighted by molar-refractivity contribution is 5.56. The molecule has 2 aromatic carbocycles. The van der Waals surface area contributed by atoms with Gasteiger partial charge in [-0.2, -0.15) is 10.4 Å². The summed E-state index contributed by atoms with van der Waals surface area (Å²) in [6.45, 7) is 9.05. The third-order valence-electron chi connectivity index (χ3n) is 3.75. The molecular formula is C20H14N4O2. The van der Waals surface area contributed by atoms with Crippen molar-refractivity contribution in [3.63, 3.8) is 0 Å². The number of nitrogens with one attached hydrogen (secondary N) is 1. The summed E-state index contributed by atoms with van der Waals surface area (Å²) < 4.78 is 5.92. The van der Waals surface area contributed by atoms with E-state index < -0.39 is 0 Å². The number of hydrogen-bond donors (Lipinski definition) is 1. The maximum Gasteiger partial charge on any atom is 0.264 e. The van der Waals surface area contributed by atoms with E-state index in [2.05, 4.69) is 15.0 Å². The number of benzene rings is 2. The Morgan fingerprint density at radius 1 is 1.23 bits per heavy atom. The van der Waals surface area contributed by atoms with Gasteiger partial charge in [0.1, 0.15) is 11.5 Å². The first-order chi connectivity index (χ1) is 12.6. The van der Waals surface area contributed by atoms with E-state index in [1.807, 2.05) is 31.2 Å². The molecule has 0 radical (unpaired) electrons. The predicted molar refractivity (Wildman–Crippen MR) is 96.3 cm³/mol. The van der Waals surface area contributed by atoms with Crippen molar-refractivity contribution in [2.24, 2.45) is 0 Å². The molecule has 0 aliphatic rings. The third-order valence-corrected chi connectivity index (χ3v) is 3.75. The molecule has 0 spiro atoms. The summed E-state index contributed by atoms with van der Waals surface area (Å²) in [5.74, 6) is 1.08.